The van der Waals surface area contributed by atoms with E-state index in [0.29, 0.717) is 53.0 Å². The molecule has 0 bridgehead atoms. The summed E-state index contributed by atoms with van der Waals surface area (Å²) in [5.74, 6) is 1.27. The Kier molecular flexibility index (Phi) is 7.94. The average molecular weight is 478 g/mol. The third kappa shape index (κ3) is 6.55. The highest BCUT2D eigenvalue weighted by atomic mass is 16.5. The van der Waals surface area contributed by atoms with E-state index in [1.165, 1.54) is 5.57 Å². The lowest BCUT2D eigenvalue weighted by molar-refractivity contribution is 0.0705. The molecule has 3 N–H and O–H groups in total. The van der Waals surface area contributed by atoms with Gasteiger partial charge in [0.1, 0.15) is 12.4 Å². The normalized spacial score (nSPS) is 15.7. The van der Waals surface area contributed by atoms with Crippen LogP contribution in [0, 0.1) is 11.8 Å². The van der Waals surface area contributed by atoms with Crippen LogP contribution in [-0.4, -0.2) is 53.2 Å². The van der Waals surface area contributed by atoms with E-state index in [2.05, 4.69) is 21.9 Å². The van der Waals surface area contributed by atoms with Gasteiger partial charge in [0, 0.05) is 17.0 Å². The van der Waals surface area contributed by atoms with Crippen LogP contribution in [0.15, 0.2) is 54.6 Å². The number of hydrogen-bond acceptors (Lipinski definition) is 6. The van der Waals surface area contributed by atoms with Gasteiger partial charge in [-0.1, -0.05) is 19.1 Å². The van der Waals surface area contributed by atoms with E-state index in [4.69, 9.17) is 14.6 Å². The van der Waals surface area contributed by atoms with Crippen molar-refractivity contribution in [3.8, 4) is 5.75 Å². The molecule has 1 saturated carbocycles. The number of aromatic nitrogens is 2. The fraction of sp³-hybridized carbons (Fsp3) is 0.370. The number of allylic oxidation sites excluding steroid dienone is 1. The summed E-state index contributed by atoms with van der Waals surface area (Å²) in [6, 6.07) is 12.1. The number of carbonyl (C=O) groups excluding carboxylic acids is 2. The molecule has 0 spiro atoms. The smallest absolute Gasteiger partial charge is 0.257 e. The number of ketones is 1. The number of imidazole rings is 1. The summed E-state index contributed by atoms with van der Waals surface area (Å²) in [5.41, 5.74) is 3.76. The first-order chi connectivity index (χ1) is 16.9. The van der Waals surface area contributed by atoms with Crippen molar-refractivity contribution >= 4 is 28.7 Å². The second-order valence-corrected chi connectivity index (χ2v) is 8.88. The number of benzene rings is 2. The molecular formula is C27H31N3O5. The topological polar surface area (TPSA) is 114 Å². The van der Waals surface area contributed by atoms with Crippen molar-refractivity contribution in [1.29, 1.82) is 0 Å². The molecule has 1 aliphatic rings. The molecule has 3 aromatic rings. The van der Waals surface area contributed by atoms with Crippen molar-refractivity contribution in [2.24, 2.45) is 11.8 Å². The largest absolute Gasteiger partial charge is 0.491 e. The average Bonchev–Trinajstić information content (AvgIpc) is 3.42. The molecule has 1 amide bonds. The van der Waals surface area contributed by atoms with Crippen LogP contribution >= 0.6 is 0 Å². The minimum Gasteiger partial charge on any atom is -0.491 e. The number of aliphatic hydroxyl groups is 1. The van der Waals surface area contributed by atoms with Crippen molar-refractivity contribution in [3.05, 3.63) is 65.7 Å². The predicted molar refractivity (Wildman–Crippen MR) is 134 cm³/mol. The van der Waals surface area contributed by atoms with Crippen LogP contribution in [0.5, 0.6) is 5.75 Å². The number of anilines is 1. The minimum absolute atomic E-state index is 0.0229. The summed E-state index contributed by atoms with van der Waals surface area (Å²) in [6.07, 6.45) is 2.96. The molecule has 8 nitrogen and oxygen atoms in total. The molecule has 1 aromatic heterocycles. The first-order valence-corrected chi connectivity index (χ1v) is 11.9. The molecule has 1 aliphatic carbocycles. The number of nitrogens with zero attached hydrogens (tertiary/aromatic N) is 1. The van der Waals surface area contributed by atoms with Gasteiger partial charge in [-0.3, -0.25) is 14.9 Å². The Balaban J connectivity index is 1.33. The van der Waals surface area contributed by atoms with E-state index >= 15 is 0 Å². The number of nitrogens with one attached hydrogen (secondary N) is 2. The SMILES string of the molecule is C=C1CC1CCC(C)C(=O)c1ccc2nc(NC(=O)c3ccc(OCCOCCO)cc3)[nH]c2c1. The van der Waals surface area contributed by atoms with Gasteiger partial charge in [-0.25, -0.2) is 4.98 Å². The first kappa shape index (κ1) is 24.6. The number of aromatic amines is 1. The van der Waals surface area contributed by atoms with Crippen molar-refractivity contribution in [1.82, 2.24) is 9.97 Å². The van der Waals surface area contributed by atoms with Crippen LogP contribution in [0.4, 0.5) is 5.95 Å². The lowest BCUT2D eigenvalue weighted by Crippen LogP contribution is -2.13. The van der Waals surface area contributed by atoms with Gasteiger partial charge >= 0.3 is 0 Å². The highest BCUT2D eigenvalue weighted by Crippen LogP contribution is 2.40. The third-order valence-corrected chi connectivity index (χ3v) is 6.17. The summed E-state index contributed by atoms with van der Waals surface area (Å²) in [4.78, 5) is 33.0. The Bertz CT molecular complexity index is 1200. The number of hydrogen-bond donors (Lipinski definition) is 3. The standard InChI is InChI=1S/C27H31N3O5/c1-17(3-4-20-15-18(20)2)25(32)21-7-10-23-24(16-21)29-27(28-23)30-26(33)19-5-8-22(9-6-19)35-14-13-34-12-11-31/h5-10,16-17,20,31H,2-4,11-15H2,1H3,(H2,28,29,30,33). The Morgan fingerprint density at radius 2 is 1.91 bits per heavy atom. The second-order valence-electron chi connectivity index (χ2n) is 8.88. The molecule has 4 rings (SSSR count). The van der Waals surface area contributed by atoms with Crippen LogP contribution < -0.4 is 10.1 Å². The highest BCUT2D eigenvalue weighted by molar-refractivity contribution is 6.04. The maximum Gasteiger partial charge on any atom is 0.257 e. The molecule has 2 atom stereocenters. The van der Waals surface area contributed by atoms with E-state index in [1.54, 1.807) is 42.5 Å². The molecule has 1 heterocycles. The number of amides is 1. The van der Waals surface area contributed by atoms with Gasteiger partial charge in [0.15, 0.2) is 5.78 Å². The van der Waals surface area contributed by atoms with Crippen LogP contribution in [0.25, 0.3) is 11.0 Å². The molecule has 0 saturated heterocycles. The van der Waals surface area contributed by atoms with Crippen molar-refractivity contribution in [2.75, 3.05) is 31.7 Å². The zero-order valence-electron chi connectivity index (χ0n) is 19.9. The molecule has 35 heavy (non-hydrogen) atoms. The maximum atomic E-state index is 12.9. The fourth-order valence-electron chi connectivity index (χ4n) is 3.92. The molecular weight excluding hydrogens is 446 g/mol. The zero-order valence-corrected chi connectivity index (χ0v) is 19.9. The van der Waals surface area contributed by atoms with Gasteiger partial charge in [-0.2, -0.15) is 0 Å². The van der Waals surface area contributed by atoms with Crippen LogP contribution in [-0.2, 0) is 4.74 Å². The van der Waals surface area contributed by atoms with E-state index in [9.17, 15) is 9.59 Å². The molecule has 0 aliphatic heterocycles. The Labute approximate surface area is 204 Å². The van der Waals surface area contributed by atoms with Gasteiger partial charge in [0.25, 0.3) is 5.91 Å². The monoisotopic (exact) mass is 477 g/mol. The summed E-state index contributed by atoms with van der Waals surface area (Å²) in [7, 11) is 0. The zero-order chi connectivity index (χ0) is 24.8. The molecule has 2 unspecified atom stereocenters. The van der Waals surface area contributed by atoms with E-state index in [0.717, 1.165) is 19.3 Å². The summed E-state index contributed by atoms with van der Waals surface area (Å²) >= 11 is 0. The van der Waals surface area contributed by atoms with Crippen molar-refractivity contribution in [3.63, 3.8) is 0 Å². The predicted octanol–water partition coefficient (Wildman–Crippen LogP) is 4.38. The summed E-state index contributed by atoms with van der Waals surface area (Å²) in [6.45, 7) is 6.93. The Morgan fingerprint density at radius 1 is 1.17 bits per heavy atom. The fourth-order valence-corrected chi connectivity index (χ4v) is 3.92. The maximum absolute atomic E-state index is 12.9. The van der Waals surface area contributed by atoms with Crippen molar-refractivity contribution < 1.29 is 24.2 Å². The van der Waals surface area contributed by atoms with E-state index in [1.807, 2.05) is 6.92 Å². The Hall–Kier alpha value is -3.49. The number of Topliss-reactive ketones (excluding diaryl/α,β-unsaturated/α-hetero) is 1. The molecule has 1 fully saturated rings. The number of ether oxygens (including phenoxy) is 2. The van der Waals surface area contributed by atoms with Crippen LogP contribution in [0.3, 0.4) is 0 Å². The molecule has 2 aromatic carbocycles. The second kappa shape index (κ2) is 11.3. The van der Waals surface area contributed by atoms with E-state index in [-0.39, 0.29) is 30.8 Å². The lowest BCUT2D eigenvalue weighted by Gasteiger charge is -2.09. The number of aliphatic hydroxyl groups excluding tert-OH is 1. The first-order valence-electron chi connectivity index (χ1n) is 11.9. The summed E-state index contributed by atoms with van der Waals surface area (Å²) in [5, 5.41) is 11.4. The van der Waals surface area contributed by atoms with Gasteiger partial charge in [-0.05, 0) is 67.6 Å². The van der Waals surface area contributed by atoms with Crippen LogP contribution in [0.1, 0.15) is 46.9 Å². The number of carbonyl (C=O) groups is 2. The van der Waals surface area contributed by atoms with E-state index < -0.39 is 0 Å². The van der Waals surface area contributed by atoms with Gasteiger partial charge in [-0.15, -0.1) is 0 Å². The lowest BCUT2D eigenvalue weighted by atomic mass is 9.94. The molecule has 8 heteroatoms. The summed E-state index contributed by atoms with van der Waals surface area (Å²) < 4.78 is 10.7. The van der Waals surface area contributed by atoms with Crippen LogP contribution in [0.2, 0.25) is 0 Å². The van der Waals surface area contributed by atoms with Gasteiger partial charge in [0.05, 0.1) is 30.9 Å². The molecule has 0 radical (unpaired) electrons. The van der Waals surface area contributed by atoms with Gasteiger partial charge < -0.3 is 19.6 Å². The third-order valence-electron chi connectivity index (χ3n) is 6.17. The Morgan fingerprint density at radius 3 is 2.63 bits per heavy atom. The highest BCUT2D eigenvalue weighted by Gasteiger charge is 2.28. The molecule has 184 valence electrons. The van der Waals surface area contributed by atoms with Gasteiger partial charge in [0.2, 0.25) is 5.95 Å². The quantitative estimate of drug-likeness (QED) is 0.191. The van der Waals surface area contributed by atoms with Crippen molar-refractivity contribution in [2.45, 2.75) is 26.2 Å². The minimum atomic E-state index is -0.312. The number of rotatable bonds is 13. The number of H-pyrrole nitrogens is 1. The number of fused-ring (bicyclic) bond motifs is 1.